The summed E-state index contributed by atoms with van der Waals surface area (Å²) in [5.41, 5.74) is 4.99. The van der Waals surface area contributed by atoms with Gasteiger partial charge in [0.2, 0.25) is 0 Å². The molecular weight excluding hydrogens is 427 g/mol. The van der Waals surface area contributed by atoms with Crippen LogP contribution in [0.3, 0.4) is 0 Å². The molecule has 0 saturated heterocycles. The minimum atomic E-state index is -4.79. The van der Waals surface area contributed by atoms with Gasteiger partial charge in [0.25, 0.3) is 0 Å². The molecule has 9 heteroatoms. The second kappa shape index (κ2) is 8.81. The number of nitrogens with zero attached hydrogens (tertiary/aromatic N) is 2. The molecule has 5 nitrogen and oxygen atoms in total. The largest absolute Gasteiger partial charge is 0.573 e. The van der Waals surface area contributed by atoms with Gasteiger partial charge in [-0.2, -0.15) is 5.10 Å². The Morgan fingerprint density at radius 1 is 1.03 bits per heavy atom. The maximum atomic E-state index is 12.8. The molecule has 3 aromatic rings. The Bertz CT molecular complexity index is 1110. The molecule has 0 saturated carbocycles. The van der Waals surface area contributed by atoms with E-state index in [1.54, 1.807) is 12.1 Å². The highest BCUT2D eigenvalue weighted by atomic mass is 32.1. The van der Waals surface area contributed by atoms with Crippen LogP contribution in [0.15, 0.2) is 70.1 Å². The lowest BCUT2D eigenvalue weighted by atomic mass is 10.0. The van der Waals surface area contributed by atoms with Crippen LogP contribution in [0.25, 0.3) is 0 Å². The normalized spacial score (nSPS) is 13.4. The summed E-state index contributed by atoms with van der Waals surface area (Å²) in [6.07, 6.45) is -3.91. The molecule has 0 aliphatic carbocycles. The van der Waals surface area contributed by atoms with Crippen molar-refractivity contribution in [1.82, 2.24) is 5.43 Å². The molecular formula is C22H18F3N3O2S. The fourth-order valence-electron chi connectivity index (χ4n) is 2.99. The summed E-state index contributed by atoms with van der Waals surface area (Å²) in [6.45, 7) is 2.61. The molecule has 0 atom stereocenters. The molecule has 2 heterocycles. The van der Waals surface area contributed by atoms with Crippen LogP contribution in [0.5, 0.6) is 11.5 Å². The number of alkyl halides is 3. The van der Waals surface area contributed by atoms with E-state index >= 15 is 0 Å². The zero-order valence-corrected chi connectivity index (χ0v) is 17.3. The van der Waals surface area contributed by atoms with E-state index in [0.717, 1.165) is 11.3 Å². The lowest BCUT2D eigenvalue weighted by Crippen LogP contribution is -2.19. The molecule has 0 radical (unpaired) electrons. The first-order chi connectivity index (χ1) is 14.9. The molecule has 4 rings (SSSR count). The maximum Gasteiger partial charge on any atom is 0.573 e. The summed E-state index contributed by atoms with van der Waals surface area (Å²) in [4.78, 5) is 5.45. The van der Waals surface area contributed by atoms with Gasteiger partial charge < -0.3 is 9.47 Å². The minimum Gasteiger partial charge on any atom is -0.494 e. The van der Waals surface area contributed by atoms with E-state index in [2.05, 4.69) is 20.3 Å². The van der Waals surface area contributed by atoms with Crippen LogP contribution < -0.4 is 14.9 Å². The van der Waals surface area contributed by atoms with Crippen molar-refractivity contribution in [2.24, 2.45) is 10.1 Å². The van der Waals surface area contributed by atoms with Crippen molar-refractivity contribution in [3.8, 4) is 11.5 Å². The van der Waals surface area contributed by atoms with Crippen LogP contribution in [-0.2, 0) is 0 Å². The van der Waals surface area contributed by atoms with Crippen LogP contribution in [-0.4, -0.2) is 24.5 Å². The Labute approximate surface area is 180 Å². The van der Waals surface area contributed by atoms with Crippen LogP contribution in [0.4, 0.5) is 18.9 Å². The standard InChI is InChI=1S/C22H18F3N3O2S/c1-2-11-29-15-7-5-14(6-8-15)20-17-13-16(30-22(23,24)25)9-10-18(17)26-21(28-27-20)19-4-3-12-31-19/h3-10,12-13H,2,11H2,1H3,(H,26,28). The predicted octanol–water partition coefficient (Wildman–Crippen LogP) is 5.87. The third-order valence-electron chi connectivity index (χ3n) is 4.32. The number of aliphatic imine (C=N–C) groups is 1. The second-order valence-corrected chi connectivity index (χ2v) is 7.56. The number of thiophene rings is 1. The van der Waals surface area contributed by atoms with Gasteiger partial charge in [0.15, 0.2) is 5.84 Å². The molecule has 1 aromatic heterocycles. The molecule has 0 spiro atoms. The summed E-state index contributed by atoms with van der Waals surface area (Å²) in [7, 11) is 0. The summed E-state index contributed by atoms with van der Waals surface area (Å²) >= 11 is 1.48. The van der Waals surface area contributed by atoms with Gasteiger partial charge in [-0.15, -0.1) is 24.5 Å². The van der Waals surface area contributed by atoms with Gasteiger partial charge in [0.1, 0.15) is 17.2 Å². The molecule has 31 heavy (non-hydrogen) atoms. The van der Waals surface area contributed by atoms with Crippen molar-refractivity contribution in [3.63, 3.8) is 0 Å². The minimum absolute atomic E-state index is 0.336. The van der Waals surface area contributed by atoms with Gasteiger partial charge in [-0.1, -0.05) is 13.0 Å². The van der Waals surface area contributed by atoms with Crippen molar-refractivity contribution in [3.05, 3.63) is 76.0 Å². The van der Waals surface area contributed by atoms with Gasteiger partial charge in [0, 0.05) is 11.1 Å². The predicted molar refractivity (Wildman–Crippen MR) is 115 cm³/mol. The average molecular weight is 445 g/mol. The van der Waals surface area contributed by atoms with E-state index in [9.17, 15) is 13.2 Å². The van der Waals surface area contributed by atoms with Gasteiger partial charge >= 0.3 is 6.36 Å². The van der Waals surface area contributed by atoms with E-state index in [4.69, 9.17) is 4.74 Å². The first-order valence-electron chi connectivity index (χ1n) is 9.52. The summed E-state index contributed by atoms with van der Waals surface area (Å²) in [6, 6.07) is 15.0. The highest BCUT2D eigenvalue weighted by molar-refractivity contribution is 7.12. The van der Waals surface area contributed by atoms with Crippen LogP contribution >= 0.6 is 11.3 Å². The zero-order valence-electron chi connectivity index (χ0n) is 16.4. The molecule has 1 aliphatic heterocycles. The van der Waals surface area contributed by atoms with Crippen molar-refractivity contribution in [1.29, 1.82) is 0 Å². The summed E-state index contributed by atoms with van der Waals surface area (Å²) in [5, 5.41) is 6.37. The van der Waals surface area contributed by atoms with Gasteiger partial charge in [-0.3, -0.25) is 5.43 Å². The zero-order chi connectivity index (χ0) is 21.8. The van der Waals surface area contributed by atoms with E-state index in [1.807, 2.05) is 36.6 Å². The number of hydrazone groups is 1. The summed E-state index contributed by atoms with van der Waals surface area (Å²) < 4.78 is 48.0. The first-order valence-corrected chi connectivity index (χ1v) is 10.4. The van der Waals surface area contributed by atoms with Crippen LogP contribution in [0.2, 0.25) is 0 Å². The number of hydrogen-bond donors (Lipinski definition) is 1. The quantitative estimate of drug-likeness (QED) is 0.516. The highest BCUT2D eigenvalue weighted by Crippen LogP contribution is 2.32. The molecule has 0 fully saturated rings. The fourth-order valence-corrected chi connectivity index (χ4v) is 3.65. The monoisotopic (exact) mass is 445 g/mol. The SMILES string of the molecule is CCCOc1ccc(C2=NNC(c3cccs3)=Nc3ccc(OC(F)(F)F)cc32)cc1. The number of nitrogens with one attached hydrogen (secondary N) is 1. The molecule has 1 aliphatic rings. The number of fused-ring (bicyclic) bond motifs is 1. The molecule has 160 valence electrons. The van der Waals surface area contributed by atoms with Gasteiger partial charge in [-0.25, -0.2) is 4.99 Å². The number of hydrogen-bond acceptors (Lipinski definition) is 6. The number of benzene rings is 2. The Hall–Kier alpha value is -3.33. The van der Waals surface area contributed by atoms with Crippen molar-refractivity contribution < 1.29 is 22.6 Å². The third-order valence-corrected chi connectivity index (χ3v) is 5.19. The van der Waals surface area contributed by atoms with Crippen LogP contribution in [0, 0.1) is 0 Å². The number of halogens is 3. The molecule has 2 aromatic carbocycles. The van der Waals surface area contributed by atoms with E-state index in [0.29, 0.717) is 40.7 Å². The first kappa shape index (κ1) is 20.9. The average Bonchev–Trinajstić information content (AvgIpc) is 3.20. The summed E-state index contributed by atoms with van der Waals surface area (Å²) in [5.74, 6) is 0.882. The number of amidine groups is 1. The maximum absolute atomic E-state index is 12.8. The fraction of sp³-hybridized carbons (Fsp3) is 0.182. The second-order valence-electron chi connectivity index (χ2n) is 6.61. The number of ether oxygens (including phenoxy) is 2. The molecule has 0 amide bonds. The Balaban J connectivity index is 1.76. The van der Waals surface area contributed by atoms with Crippen molar-refractivity contribution >= 4 is 28.6 Å². The lowest BCUT2D eigenvalue weighted by Gasteiger charge is -2.13. The van der Waals surface area contributed by atoms with Gasteiger partial charge in [-0.05, 0) is 60.3 Å². The topological polar surface area (TPSA) is 55.2 Å². The third kappa shape index (κ3) is 5.05. The Kier molecular flexibility index (Phi) is 5.94. The Morgan fingerprint density at radius 2 is 1.81 bits per heavy atom. The van der Waals surface area contributed by atoms with Crippen molar-refractivity contribution in [2.75, 3.05) is 6.61 Å². The molecule has 0 bridgehead atoms. The highest BCUT2D eigenvalue weighted by Gasteiger charge is 2.31. The number of rotatable bonds is 6. The van der Waals surface area contributed by atoms with E-state index < -0.39 is 6.36 Å². The smallest absolute Gasteiger partial charge is 0.494 e. The van der Waals surface area contributed by atoms with Gasteiger partial charge in [0.05, 0.1) is 17.2 Å². The molecule has 0 unspecified atom stereocenters. The lowest BCUT2D eigenvalue weighted by molar-refractivity contribution is -0.274. The van der Waals surface area contributed by atoms with E-state index in [1.165, 1.54) is 29.5 Å². The Morgan fingerprint density at radius 3 is 2.48 bits per heavy atom. The van der Waals surface area contributed by atoms with Crippen molar-refractivity contribution in [2.45, 2.75) is 19.7 Å². The molecule has 1 N–H and O–H groups in total. The van der Waals surface area contributed by atoms with E-state index in [-0.39, 0.29) is 5.75 Å². The van der Waals surface area contributed by atoms with Crippen LogP contribution in [0.1, 0.15) is 29.3 Å².